The predicted octanol–water partition coefficient (Wildman–Crippen LogP) is 0.369. The minimum Gasteiger partial charge on any atom is -0.336 e. The van der Waals surface area contributed by atoms with Crippen LogP contribution in [0.2, 0.25) is 0 Å². The first-order chi connectivity index (χ1) is 6.20. The Labute approximate surface area is 72.9 Å². The highest BCUT2D eigenvalue weighted by molar-refractivity contribution is 5.77. The summed E-state index contributed by atoms with van der Waals surface area (Å²) in [5.41, 5.74) is 0.356. The molecule has 0 aliphatic carbocycles. The molecule has 2 rings (SSSR count). The molecule has 0 bridgehead atoms. The largest absolute Gasteiger partial charge is 0.336 e. The molecule has 0 unspecified atom stereocenters. The maximum Gasteiger partial charge on any atom is 0.157 e. The molecule has 0 fully saturated rings. The van der Waals surface area contributed by atoms with Crippen LogP contribution in [0.25, 0.3) is 10.9 Å². The molecule has 0 aliphatic rings. The summed E-state index contributed by atoms with van der Waals surface area (Å²) in [7, 11) is 0. The number of rotatable bonds is 0. The van der Waals surface area contributed by atoms with E-state index in [1.165, 1.54) is 12.4 Å². The van der Waals surface area contributed by atoms with Gasteiger partial charge in [0.1, 0.15) is 12.1 Å². The summed E-state index contributed by atoms with van der Waals surface area (Å²) < 4.78 is 14.2. The van der Waals surface area contributed by atoms with Gasteiger partial charge in [-0.15, -0.1) is 0 Å². The second-order valence-electron chi connectivity index (χ2n) is 2.63. The summed E-state index contributed by atoms with van der Waals surface area (Å²) in [5, 5.41) is 7.63. The molecule has 1 aromatic heterocycles. The van der Waals surface area contributed by atoms with Gasteiger partial charge in [0.25, 0.3) is 0 Å². The van der Waals surface area contributed by atoms with Crippen LogP contribution in [-0.4, -0.2) is 9.66 Å². The van der Waals surface area contributed by atoms with E-state index in [1.54, 1.807) is 12.1 Å². The van der Waals surface area contributed by atoms with Crippen LogP contribution in [0.1, 0.15) is 0 Å². The molecule has 13 heavy (non-hydrogen) atoms. The van der Waals surface area contributed by atoms with Crippen molar-refractivity contribution in [3.8, 4) is 0 Å². The van der Waals surface area contributed by atoms with E-state index in [4.69, 9.17) is 11.3 Å². The summed E-state index contributed by atoms with van der Waals surface area (Å²) in [5.74, 6) is 4.88. The third-order valence-corrected chi connectivity index (χ3v) is 1.81. The fraction of sp³-hybridized carbons (Fsp3) is 0. The molecule has 66 valence electrons. The van der Waals surface area contributed by atoms with E-state index in [0.29, 0.717) is 5.52 Å². The Morgan fingerprint density at radius 3 is 3.00 bits per heavy atom. The van der Waals surface area contributed by atoms with Gasteiger partial charge in [-0.1, -0.05) is 6.07 Å². The molecule has 0 aliphatic heterocycles. The fourth-order valence-electron chi connectivity index (χ4n) is 1.17. The van der Waals surface area contributed by atoms with Crippen molar-refractivity contribution in [3.05, 3.63) is 35.8 Å². The van der Waals surface area contributed by atoms with Crippen molar-refractivity contribution in [1.82, 2.24) is 9.66 Å². The topological polar surface area (TPSA) is 67.7 Å². The molecule has 0 atom stereocenters. The first kappa shape index (κ1) is 7.72. The number of fused-ring (bicyclic) bond motifs is 1. The van der Waals surface area contributed by atoms with Crippen molar-refractivity contribution in [2.75, 3.05) is 5.84 Å². The quantitative estimate of drug-likeness (QED) is 0.572. The van der Waals surface area contributed by atoms with E-state index in [9.17, 15) is 4.39 Å². The van der Waals surface area contributed by atoms with E-state index < -0.39 is 5.82 Å². The number of hydrogen-bond acceptors (Lipinski definition) is 3. The lowest BCUT2D eigenvalue weighted by molar-refractivity contribution is 0.635. The molecule has 0 saturated heterocycles. The van der Waals surface area contributed by atoms with E-state index in [1.807, 2.05) is 0 Å². The smallest absolute Gasteiger partial charge is 0.157 e. The van der Waals surface area contributed by atoms with E-state index >= 15 is 0 Å². The molecule has 3 N–H and O–H groups in total. The van der Waals surface area contributed by atoms with Crippen molar-refractivity contribution < 1.29 is 4.39 Å². The molecular formula is C8H7FN4. The zero-order valence-corrected chi connectivity index (χ0v) is 6.66. The number of hydrogen-bond donors (Lipinski definition) is 2. The van der Waals surface area contributed by atoms with Crippen LogP contribution in [0.4, 0.5) is 4.39 Å². The third-order valence-electron chi connectivity index (χ3n) is 1.81. The molecule has 4 nitrogen and oxygen atoms in total. The van der Waals surface area contributed by atoms with Gasteiger partial charge in [0.05, 0.1) is 10.9 Å². The normalized spacial score (nSPS) is 10.5. The van der Waals surface area contributed by atoms with Gasteiger partial charge in [0, 0.05) is 0 Å². The molecule has 0 spiro atoms. The minimum atomic E-state index is -0.477. The summed E-state index contributed by atoms with van der Waals surface area (Å²) in [6, 6.07) is 4.46. The predicted molar refractivity (Wildman–Crippen MR) is 45.7 cm³/mol. The number of nitrogens with two attached hydrogens (primary N) is 1. The van der Waals surface area contributed by atoms with E-state index in [2.05, 4.69) is 4.98 Å². The van der Waals surface area contributed by atoms with Crippen molar-refractivity contribution >= 4 is 10.9 Å². The number of nitrogens with zero attached hydrogens (tertiary/aromatic N) is 2. The highest BCUT2D eigenvalue weighted by Crippen LogP contribution is 2.09. The number of halogens is 1. The van der Waals surface area contributed by atoms with Crippen molar-refractivity contribution in [3.63, 3.8) is 0 Å². The van der Waals surface area contributed by atoms with E-state index in [-0.39, 0.29) is 10.9 Å². The summed E-state index contributed by atoms with van der Waals surface area (Å²) in [6.07, 6.45) is 1.28. The van der Waals surface area contributed by atoms with Gasteiger partial charge in [-0.25, -0.2) is 14.1 Å². The Bertz CT molecular complexity index is 517. The summed E-state index contributed by atoms with van der Waals surface area (Å²) >= 11 is 0. The average Bonchev–Trinajstić information content (AvgIpc) is 2.12. The first-order valence-corrected chi connectivity index (χ1v) is 3.65. The monoisotopic (exact) mass is 178 g/mol. The Balaban J connectivity index is 3.06. The SMILES string of the molecule is N=c1c2c(F)cccc2ncn1N. The van der Waals surface area contributed by atoms with Crippen LogP contribution in [-0.2, 0) is 0 Å². The van der Waals surface area contributed by atoms with Gasteiger partial charge in [0.15, 0.2) is 5.49 Å². The molecule has 0 radical (unpaired) electrons. The standard InChI is InChI=1S/C8H7FN4/c9-5-2-1-3-6-7(5)8(10)13(11)4-12-6/h1-4,10H,11H2. The molecule has 2 aromatic rings. The first-order valence-electron chi connectivity index (χ1n) is 3.65. The summed E-state index contributed by atoms with van der Waals surface area (Å²) in [4.78, 5) is 3.88. The van der Waals surface area contributed by atoms with Gasteiger partial charge in [0.2, 0.25) is 0 Å². The second kappa shape index (κ2) is 2.55. The lowest BCUT2D eigenvalue weighted by Crippen LogP contribution is -2.27. The Hall–Kier alpha value is -1.91. The Morgan fingerprint density at radius 2 is 2.23 bits per heavy atom. The van der Waals surface area contributed by atoms with Gasteiger partial charge in [-0.05, 0) is 12.1 Å². The number of aromatic nitrogens is 2. The molecule has 1 aromatic carbocycles. The number of nitrogen functional groups attached to an aromatic ring is 1. The molecule has 0 saturated carbocycles. The summed E-state index contributed by atoms with van der Waals surface area (Å²) in [6.45, 7) is 0. The lowest BCUT2D eigenvalue weighted by atomic mass is 10.2. The fourth-order valence-corrected chi connectivity index (χ4v) is 1.17. The lowest BCUT2D eigenvalue weighted by Gasteiger charge is -2.01. The van der Waals surface area contributed by atoms with Crippen LogP contribution < -0.4 is 11.3 Å². The van der Waals surface area contributed by atoms with Crippen LogP contribution in [0.5, 0.6) is 0 Å². The maximum atomic E-state index is 13.2. The molecular weight excluding hydrogens is 171 g/mol. The Morgan fingerprint density at radius 1 is 1.46 bits per heavy atom. The minimum absolute atomic E-state index is 0.0805. The molecule has 0 amide bonds. The molecule has 5 heteroatoms. The maximum absolute atomic E-state index is 13.2. The third kappa shape index (κ3) is 1.05. The van der Waals surface area contributed by atoms with Crippen LogP contribution in [0.3, 0.4) is 0 Å². The van der Waals surface area contributed by atoms with Crippen LogP contribution in [0, 0.1) is 11.2 Å². The van der Waals surface area contributed by atoms with Crippen molar-refractivity contribution in [2.24, 2.45) is 0 Å². The van der Waals surface area contributed by atoms with Crippen molar-refractivity contribution in [2.45, 2.75) is 0 Å². The van der Waals surface area contributed by atoms with Crippen LogP contribution >= 0.6 is 0 Å². The van der Waals surface area contributed by atoms with Gasteiger partial charge < -0.3 is 5.84 Å². The van der Waals surface area contributed by atoms with Gasteiger partial charge in [-0.3, -0.25) is 5.41 Å². The number of nitrogens with one attached hydrogen (secondary N) is 1. The zero-order chi connectivity index (χ0) is 9.42. The van der Waals surface area contributed by atoms with E-state index in [0.717, 1.165) is 4.68 Å². The second-order valence-corrected chi connectivity index (χ2v) is 2.63. The van der Waals surface area contributed by atoms with Crippen LogP contribution in [0.15, 0.2) is 24.5 Å². The van der Waals surface area contributed by atoms with Gasteiger partial charge in [-0.2, -0.15) is 0 Å². The zero-order valence-electron chi connectivity index (χ0n) is 6.66. The highest BCUT2D eigenvalue weighted by atomic mass is 19.1. The Kier molecular flexibility index (Phi) is 1.51. The van der Waals surface area contributed by atoms with Gasteiger partial charge >= 0.3 is 0 Å². The average molecular weight is 178 g/mol. The van der Waals surface area contributed by atoms with Crippen molar-refractivity contribution in [1.29, 1.82) is 5.41 Å². The number of benzene rings is 1. The highest BCUT2D eigenvalue weighted by Gasteiger charge is 2.03. The molecule has 1 heterocycles.